The van der Waals surface area contributed by atoms with Gasteiger partial charge in [-0.25, -0.2) is 8.78 Å². The Morgan fingerprint density at radius 1 is 1.47 bits per heavy atom. The monoisotopic (exact) mass is 327 g/mol. The molecule has 3 nitrogen and oxygen atoms in total. The van der Waals surface area contributed by atoms with E-state index in [0.29, 0.717) is 3.57 Å². The van der Waals surface area contributed by atoms with Crippen molar-refractivity contribution >= 4 is 34.2 Å². The number of anilines is 1. The molecule has 0 radical (unpaired) electrons. The van der Waals surface area contributed by atoms with E-state index in [1.54, 1.807) is 22.6 Å². The van der Waals surface area contributed by atoms with Gasteiger partial charge in [-0.2, -0.15) is 0 Å². The van der Waals surface area contributed by atoms with Gasteiger partial charge in [0.2, 0.25) is 5.91 Å². The van der Waals surface area contributed by atoms with Crippen molar-refractivity contribution in [2.24, 2.45) is 0 Å². The molecule has 1 rings (SSSR count). The number of nitrogens with one attached hydrogen (secondary N) is 1. The minimum atomic E-state index is -0.997. The summed E-state index contributed by atoms with van der Waals surface area (Å²) in [5.74, 6) is -2.35. The van der Waals surface area contributed by atoms with E-state index >= 15 is 0 Å². The Morgan fingerprint density at radius 3 is 2.67 bits per heavy atom. The standard InChI is InChI=1S/C9H8F2INO2/c1-15-4-9(14)13-8-3-6(11)5(10)2-7(8)12/h2-3H,4H2,1H3,(H,13,14). The van der Waals surface area contributed by atoms with Gasteiger partial charge in [0, 0.05) is 16.7 Å². The van der Waals surface area contributed by atoms with Gasteiger partial charge in [-0.1, -0.05) is 0 Å². The fourth-order valence-corrected chi connectivity index (χ4v) is 1.50. The highest BCUT2D eigenvalue weighted by molar-refractivity contribution is 14.1. The van der Waals surface area contributed by atoms with Gasteiger partial charge in [0.1, 0.15) is 6.61 Å². The zero-order chi connectivity index (χ0) is 11.4. The molecule has 0 atom stereocenters. The van der Waals surface area contributed by atoms with Crippen molar-refractivity contribution in [2.45, 2.75) is 0 Å². The Labute approximate surface area is 98.9 Å². The minimum absolute atomic E-state index is 0.130. The predicted octanol–water partition coefficient (Wildman–Crippen LogP) is 2.15. The summed E-state index contributed by atoms with van der Waals surface area (Å²) in [6.45, 7) is -0.130. The molecule has 0 heterocycles. The van der Waals surface area contributed by atoms with Gasteiger partial charge in [-0.3, -0.25) is 4.79 Å². The molecule has 0 aliphatic carbocycles. The number of carbonyl (C=O) groups is 1. The molecular weight excluding hydrogens is 319 g/mol. The van der Waals surface area contributed by atoms with Crippen LogP contribution in [0.2, 0.25) is 0 Å². The second-order valence-electron chi connectivity index (χ2n) is 2.73. The van der Waals surface area contributed by atoms with Crippen LogP contribution in [0.3, 0.4) is 0 Å². The number of methoxy groups -OCH3 is 1. The Bertz CT molecular complexity index is 385. The van der Waals surface area contributed by atoms with E-state index in [2.05, 4.69) is 10.1 Å². The van der Waals surface area contributed by atoms with E-state index in [1.807, 2.05) is 0 Å². The van der Waals surface area contributed by atoms with Gasteiger partial charge < -0.3 is 10.1 Å². The van der Waals surface area contributed by atoms with E-state index < -0.39 is 17.5 Å². The maximum atomic E-state index is 12.8. The number of benzene rings is 1. The summed E-state index contributed by atoms with van der Waals surface area (Å²) in [5.41, 5.74) is 0.233. The average Bonchev–Trinajstić information content (AvgIpc) is 2.14. The number of rotatable bonds is 3. The minimum Gasteiger partial charge on any atom is -0.375 e. The lowest BCUT2D eigenvalue weighted by molar-refractivity contribution is -0.119. The van der Waals surface area contributed by atoms with Crippen LogP contribution in [-0.4, -0.2) is 19.6 Å². The summed E-state index contributed by atoms with van der Waals surface area (Å²) in [5, 5.41) is 2.40. The molecule has 6 heteroatoms. The Hall–Kier alpha value is -0.760. The van der Waals surface area contributed by atoms with Crippen molar-refractivity contribution in [3.8, 4) is 0 Å². The molecule has 82 valence electrons. The van der Waals surface area contributed by atoms with Crippen molar-refractivity contribution in [3.63, 3.8) is 0 Å². The van der Waals surface area contributed by atoms with Gasteiger partial charge in [0.15, 0.2) is 11.6 Å². The molecule has 0 bridgehead atoms. The first-order chi connectivity index (χ1) is 7.04. The molecule has 1 amide bonds. The molecule has 0 aliphatic heterocycles. The Morgan fingerprint density at radius 2 is 2.07 bits per heavy atom. The SMILES string of the molecule is COCC(=O)Nc1cc(F)c(F)cc1I. The van der Waals surface area contributed by atoms with Crippen molar-refractivity contribution in [3.05, 3.63) is 27.3 Å². The first-order valence-corrected chi connectivity index (χ1v) is 5.05. The van der Waals surface area contributed by atoms with Crippen molar-refractivity contribution in [2.75, 3.05) is 19.0 Å². The topological polar surface area (TPSA) is 38.3 Å². The molecule has 1 aromatic carbocycles. The molecule has 0 unspecified atom stereocenters. The summed E-state index contributed by atoms with van der Waals surface area (Å²) in [6, 6.07) is 1.95. The third-order valence-corrected chi connectivity index (χ3v) is 2.45. The number of carbonyl (C=O) groups excluding carboxylic acids is 1. The van der Waals surface area contributed by atoms with Crippen LogP contribution in [0.25, 0.3) is 0 Å². The smallest absolute Gasteiger partial charge is 0.250 e. The van der Waals surface area contributed by atoms with Gasteiger partial charge in [-0.15, -0.1) is 0 Å². The van der Waals surface area contributed by atoms with E-state index in [-0.39, 0.29) is 12.3 Å². The van der Waals surface area contributed by atoms with Crippen LogP contribution in [-0.2, 0) is 9.53 Å². The van der Waals surface area contributed by atoms with Crippen LogP contribution in [0.1, 0.15) is 0 Å². The van der Waals surface area contributed by atoms with Crippen LogP contribution in [0, 0.1) is 15.2 Å². The zero-order valence-electron chi connectivity index (χ0n) is 7.81. The van der Waals surface area contributed by atoms with E-state index in [4.69, 9.17) is 0 Å². The zero-order valence-corrected chi connectivity index (χ0v) is 9.97. The normalized spacial score (nSPS) is 10.1. The quantitative estimate of drug-likeness (QED) is 0.683. The lowest BCUT2D eigenvalue weighted by atomic mass is 10.3. The maximum absolute atomic E-state index is 12.8. The highest BCUT2D eigenvalue weighted by Crippen LogP contribution is 2.21. The van der Waals surface area contributed by atoms with Crippen molar-refractivity contribution in [1.82, 2.24) is 0 Å². The van der Waals surface area contributed by atoms with Crippen LogP contribution in [0.15, 0.2) is 12.1 Å². The summed E-state index contributed by atoms with van der Waals surface area (Å²) in [6.07, 6.45) is 0. The fraction of sp³-hybridized carbons (Fsp3) is 0.222. The molecule has 0 aromatic heterocycles. The first kappa shape index (κ1) is 12.3. The van der Waals surface area contributed by atoms with Gasteiger partial charge >= 0.3 is 0 Å². The molecule has 0 saturated carbocycles. The Balaban J connectivity index is 2.86. The first-order valence-electron chi connectivity index (χ1n) is 3.98. The third-order valence-electron chi connectivity index (χ3n) is 1.56. The summed E-state index contributed by atoms with van der Waals surface area (Å²) in [7, 11) is 1.37. The van der Waals surface area contributed by atoms with E-state index in [1.165, 1.54) is 7.11 Å². The number of hydrogen-bond donors (Lipinski definition) is 1. The Kier molecular flexibility index (Phi) is 4.40. The third kappa shape index (κ3) is 3.38. The van der Waals surface area contributed by atoms with Crippen LogP contribution in [0.5, 0.6) is 0 Å². The highest BCUT2D eigenvalue weighted by Gasteiger charge is 2.10. The largest absolute Gasteiger partial charge is 0.375 e. The van der Waals surface area contributed by atoms with Crippen LogP contribution < -0.4 is 5.32 Å². The molecule has 15 heavy (non-hydrogen) atoms. The highest BCUT2D eigenvalue weighted by atomic mass is 127. The van der Waals surface area contributed by atoms with Crippen molar-refractivity contribution < 1.29 is 18.3 Å². The lowest BCUT2D eigenvalue weighted by Crippen LogP contribution is -2.18. The average molecular weight is 327 g/mol. The van der Waals surface area contributed by atoms with Gasteiger partial charge in [0.25, 0.3) is 0 Å². The second kappa shape index (κ2) is 5.36. The lowest BCUT2D eigenvalue weighted by Gasteiger charge is -2.07. The summed E-state index contributed by atoms with van der Waals surface area (Å²) in [4.78, 5) is 11.1. The maximum Gasteiger partial charge on any atom is 0.250 e. The molecule has 0 fully saturated rings. The molecule has 1 N–H and O–H groups in total. The molecule has 0 spiro atoms. The molecule has 0 saturated heterocycles. The van der Waals surface area contributed by atoms with E-state index in [0.717, 1.165) is 12.1 Å². The van der Waals surface area contributed by atoms with Crippen LogP contribution >= 0.6 is 22.6 Å². The molecular formula is C9H8F2INO2. The van der Waals surface area contributed by atoms with Gasteiger partial charge in [0.05, 0.1) is 5.69 Å². The predicted molar refractivity (Wildman–Crippen MR) is 59.6 cm³/mol. The summed E-state index contributed by atoms with van der Waals surface area (Å²) >= 11 is 1.80. The molecule has 1 aromatic rings. The van der Waals surface area contributed by atoms with Crippen LogP contribution in [0.4, 0.5) is 14.5 Å². The summed E-state index contributed by atoms with van der Waals surface area (Å²) < 4.78 is 30.6. The molecule has 0 aliphatic rings. The fourth-order valence-electron chi connectivity index (χ4n) is 0.936. The number of amides is 1. The van der Waals surface area contributed by atoms with Gasteiger partial charge in [-0.05, 0) is 28.7 Å². The number of hydrogen-bond acceptors (Lipinski definition) is 2. The van der Waals surface area contributed by atoms with E-state index in [9.17, 15) is 13.6 Å². The number of ether oxygens (including phenoxy) is 1. The second-order valence-corrected chi connectivity index (χ2v) is 3.89. The van der Waals surface area contributed by atoms with Crippen molar-refractivity contribution in [1.29, 1.82) is 0 Å². The number of halogens is 3.